The van der Waals surface area contributed by atoms with E-state index in [1.54, 1.807) is 20.3 Å². The van der Waals surface area contributed by atoms with Gasteiger partial charge in [0.05, 0.1) is 4.47 Å². The lowest BCUT2D eigenvalue weighted by molar-refractivity contribution is -0.121. The zero-order valence-electron chi connectivity index (χ0n) is 10.4. The Kier molecular flexibility index (Phi) is 4.00. The minimum Gasteiger partial charge on any atom is -0.357 e. The molecule has 1 aliphatic heterocycles. The third kappa shape index (κ3) is 2.40. The van der Waals surface area contributed by atoms with Crippen LogP contribution < -0.4 is 15.5 Å². The Morgan fingerprint density at radius 3 is 3.00 bits per heavy atom. The lowest BCUT2D eigenvalue weighted by Gasteiger charge is -2.25. The van der Waals surface area contributed by atoms with Crippen LogP contribution in [-0.2, 0) is 4.79 Å². The molecular formula is C11H16BrN5O. The third-order valence-corrected chi connectivity index (χ3v) is 3.58. The second kappa shape index (κ2) is 5.51. The maximum Gasteiger partial charge on any atom is 0.242 e. The molecule has 2 rings (SSSR count). The van der Waals surface area contributed by atoms with Crippen molar-refractivity contribution in [2.24, 2.45) is 0 Å². The SMILES string of the molecule is CNC(=O)C1CCCN1c1nc(NC)ncc1Br. The lowest BCUT2D eigenvalue weighted by Crippen LogP contribution is -2.42. The summed E-state index contributed by atoms with van der Waals surface area (Å²) in [6.45, 7) is 0.830. The van der Waals surface area contributed by atoms with Gasteiger partial charge in [-0.3, -0.25) is 4.79 Å². The van der Waals surface area contributed by atoms with Crippen LogP contribution in [0.1, 0.15) is 12.8 Å². The van der Waals surface area contributed by atoms with E-state index < -0.39 is 0 Å². The molecule has 0 radical (unpaired) electrons. The van der Waals surface area contributed by atoms with Crippen LogP contribution in [0.2, 0.25) is 0 Å². The molecule has 1 aromatic heterocycles. The van der Waals surface area contributed by atoms with Crippen molar-refractivity contribution < 1.29 is 4.79 Å². The summed E-state index contributed by atoms with van der Waals surface area (Å²) in [6, 6.07) is -0.147. The zero-order chi connectivity index (χ0) is 13.1. The summed E-state index contributed by atoms with van der Waals surface area (Å²) < 4.78 is 0.803. The van der Waals surface area contributed by atoms with Gasteiger partial charge in [-0.1, -0.05) is 0 Å². The Morgan fingerprint density at radius 1 is 1.56 bits per heavy atom. The first-order valence-electron chi connectivity index (χ1n) is 5.86. The molecule has 6 nitrogen and oxygen atoms in total. The van der Waals surface area contributed by atoms with Crippen molar-refractivity contribution in [3.8, 4) is 0 Å². The topological polar surface area (TPSA) is 70.2 Å². The number of nitrogens with one attached hydrogen (secondary N) is 2. The summed E-state index contributed by atoms with van der Waals surface area (Å²) in [6.07, 6.45) is 3.54. The van der Waals surface area contributed by atoms with Gasteiger partial charge in [0.15, 0.2) is 0 Å². The Bertz CT molecular complexity index is 453. The molecule has 7 heteroatoms. The molecule has 0 aliphatic carbocycles. The summed E-state index contributed by atoms with van der Waals surface area (Å²) in [5.41, 5.74) is 0. The zero-order valence-corrected chi connectivity index (χ0v) is 12.0. The van der Waals surface area contributed by atoms with E-state index in [0.29, 0.717) is 5.95 Å². The molecule has 0 aromatic carbocycles. The first-order valence-corrected chi connectivity index (χ1v) is 6.65. The fourth-order valence-electron chi connectivity index (χ4n) is 2.14. The highest BCUT2D eigenvalue weighted by Gasteiger charge is 2.32. The molecule has 0 spiro atoms. The number of carbonyl (C=O) groups excluding carboxylic acids is 1. The summed E-state index contributed by atoms with van der Waals surface area (Å²) in [7, 11) is 3.43. The van der Waals surface area contributed by atoms with E-state index >= 15 is 0 Å². The van der Waals surface area contributed by atoms with E-state index in [2.05, 4.69) is 36.5 Å². The van der Waals surface area contributed by atoms with Crippen molar-refractivity contribution in [2.75, 3.05) is 30.9 Å². The molecule has 1 fully saturated rings. The molecule has 1 saturated heterocycles. The highest BCUT2D eigenvalue weighted by Crippen LogP contribution is 2.30. The van der Waals surface area contributed by atoms with Crippen LogP contribution in [-0.4, -0.2) is 42.6 Å². The minimum absolute atomic E-state index is 0.0315. The van der Waals surface area contributed by atoms with Gasteiger partial charge in [-0.15, -0.1) is 0 Å². The van der Waals surface area contributed by atoms with Crippen LogP contribution in [0.15, 0.2) is 10.7 Å². The molecule has 2 heterocycles. The average Bonchev–Trinajstić information content (AvgIpc) is 2.87. The molecule has 1 atom stereocenters. The van der Waals surface area contributed by atoms with Gasteiger partial charge in [-0.2, -0.15) is 4.98 Å². The monoisotopic (exact) mass is 313 g/mol. The first kappa shape index (κ1) is 13.1. The highest BCUT2D eigenvalue weighted by molar-refractivity contribution is 9.10. The fraction of sp³-hybridized carbons (Fsp3) is 0.545. The maximum atomic E-state index is 11.8. The highest BCUT2D eigenvalue weighted by atomic mass is 79.9. The van der Waals surface area contributed by atoms with Gasteiger partial charge in [-0.05, 0) is 28.8 Å². The largest absolute Gasteiger partial charge is 0.357 e. The van der Waals surface area contributed by atoms with Crippen molar-refractivity contribution in [3.63, 3.8) is 0 Å². The second-order valence-electron chi connectivity index (χ2n) is 4.08. The number of rotatable bonds is 3. The van der Waals surface area contributed by atoms with Gasteiger partial charge >= 0.3 is 0 Å². The predicted molar refractivity (Wildman–Crippen MR) is 73.7 cm³/mol. The Morgan fingerprint density at radius 2 is 2.33 bits per heavy atom. The number of aromatic nitrogens is 2. The van der Waals surface area contributed by atoms with Crippen LogP contribution in [0.5, 0.6) is 0 Å². The number of nitrogens with zero attached hydrogens (tertiary/aromatic N) is 3. The maximum absolute atomic E-state index is 11.8. The van der Waals surface area contributed by atoms with Gasteiger partial charge in [0.1, 0.15) is 11.9 Å². The number of hydrogen-bond donors (Lipinski definition) is 2. The van der Waals surface area contributed by atoms with Gasteiger partial charge in [0.2, 0.25) is 11.9 Å². The molecule has 98 valence electrons. The molecule has 0 saturated carbocycles. The smallest absolute Gasteiger partial charge is 0.242 e. The van der Waals surface area contributed by atoms with Gasteiger partial charge < -0.3 is 15.5 Å². The van der Waals surface area contributed by atoms with Gasteiger partial charge in [0.25, 0.3) is 0 Å². The summed E-state index contributed by atoms with van der Waals surface area (Å²) in [5.74, 6) is 1.35. The number of amides is 1. The first-order chi connectivity index (χ1) is 8.67. The van der Waals surface area contributed by atoms with E-state index in [9.17, 15) is 4.79 Å². The summed E-state index contributed by atoms with van der Waals surface area (Å²) >= 11 is 3.44. The normalized spacial score (nSPS) is 18.8. The van der Waals surface area contributed by atoms with E-state index in [1.807, 2.05) is 4.90 Å². The lowest BCUT2D eigenvalue weighted by atomic mass is 10.2. The van der Waals surface area contributed by atoms with Crippen LogP contribution in [0, 0.1) is 0 Å². The van der Waals surface area contributed by atoms with Crippen molar-refractivity contribution in [1.29, 1.82) is 0 Å². The van der Waals surface area contributed by atoms with E-state index in [1.165, 1.54) is 0 Å². The molecular weight excluding hydrogens is 298 g/mol. The van der Waals surface area contributed by atoms with Crippen LogP contribution in [0.3, 0.4) is 0 Å². The molecule has 1 aromatic rings. The van der Waals surface area contributed by atoms with Crippen LogP contribution >= 0.6 is 15.9 Å². The molecule has 1 aliphatic rings. The molecule has 0 bridgehead atoms. The van der Waals surface area contributed by atoms with Crippen molar-refractivity contribution in [3.05, 3.63) is 10.7 Å². The third-order valence-electron chi connectivity index (χ3n) is 3.02. The Balaban J connectivity index is 2.32. The Hall–Kier alpha value is -1.37. The quantitative estimate of drug-likeness (QED) is 0.871. The number of carbonyl (C=O) groups is 1. The van der Waals surface area contributed by atoms with E-state index in [4.69, 9.17) is 0 Å². The summed E-state index contributed by atoms with van der Waals surface area (Å²) in [4.78, 5) is 22.4. The standard InChI is InChI=1S/C11H16BrN5O/c1-13-10(18)8-4-3-5-17(8)9-7(12)6-15-11(14-2)16-9/h6,8H,3-5H2,1-2H3,(H,13,18)(H,14,15,16). The molecule has 1 amide bonds. The average molecular weight is 314 g/mol. The van der Waals surface area contributed by atoms with Gasteiger partial charge in [-0.25, -0.2) is 4.98 Å². The number of halogens is 1. The molecule has 2 N–H and O–H groups in total. The van der Waals surface area contributed by atoms with Crippen LogP contribution in [0.4, 0.5) is 11.8 Å². The Labute approximate surface area is 114 Å². The predicted octanol–water partition coefficient (Wildman–Crippen LogP) is 0.996. The van der Waals surface area contributed by atoms with E-state index in [-0.39, 0.29) is 11.9 Å². The summed E-state index contributed by atoms with van der Waals surface area (Å²) in [5, 5.41) is 5.61. The fourth-order valence-corrected chi connectivity index (χ4v) is 2.56. The minimum atomic E-state index is -0.147. The van der Waals surface area contributed by atoms with E-state index in [0.717, 1.165) is 29.7 Å². The second-order valence-corrected chi connectivity index (χ2v) is 4.94. The number of likely N-dealkylation sites (N-methyl/N-ethyl adjacent to an activating group) is 1. The van der Waals surface area contributed by atoms with Crippen LogP contribution in [0.25, 0.3) is 0 Å². The van der Waals surface area contributed by atoms with Crippen molar-refractivity contribution in [1.82, 2.24) is 15.3 Å². The molecule has 1 unspecified atom stereocenters. The number of hydrogen-bond acceptors (Lipinski definition) is 5. The van der Waals surface area contributed by atoms with Crippen molar-refractivity contribution >= 4 is 33.6 Å². The van der Waals surface area contributed by atoms with Crippen molar-refractivity contribution in [2.45, 2.75) is 18.9 Å². The van der Waals surface area contributed by atoms with Gasteiger partial charge in [0, 0.05) is 26.8 Å². The number of anilines is 2. The molecule has 18 heavy (non-hydrogen) atoms.